The van der Waals surface area contributed by atoms with Gasteiger partial charge in [0.2, 0.25) is 0 Å². The quantitative estimate of drug-likeness (QED) is 0.161. The monoisotopic (exact) mass is 528 g/mol. The lowest BCUT2D eigenvalue weighted by atomic mass is 9.98. The fraction of sp³-hybridized carbons (Fsp3) is 0.194. The van der Waals surface area contributed by atoms with Crippen molar-refractivity contribution < 1.29 is 38.4 Å². The maximum Gasteiger partial charge on any atom is 0.343 e. The van der Waals surface area contributed by atoms with Crippen molar-refractivity contribution >= 4 is 17.9 Å². The molecular formula is C31H28O8. The minimum Gasteiger partial charge on any atom is -0.493 e. The molecule has 0 aromatic heterocycles. The van der Waals surface area contributed by atoms with E-state index in [-0.39, 0.29) is 18.1 Å². The number of fused-ring (bicyclic) bond motifs is 3. The molecule has 0 aliphatic heterocycles. The van der Waals surface area contributed by atoms with E-state index in [2.05, 4.69) is 13.2 Å². The number of aliphatic hydroxyl groups excluding tert-OH is 1. The van der Waals surface area contributed by atoms with Crippen LogP contribution in [0.5, 0.6) is 17.2 Å². The molecule has 1 atom stereocenters. The van der Waals surface area contributed by atoms with Crippen LogP contribution in [0.15, 0.2) is 85.5 Å². The van der Waals surface area contributed by atoms with E-state index >= 15 is 0 Å². The highest BCUT2D eigenvalue weighted by Gasteiger charge is 2.27. The minimum atomic E-state index is -0.633. The molecule has 3 aromatic rings. The van der Waals surface area contributed by atoms with Gasteiger partial charge in [0.1, 0.15) is 17.2 Å². The molecule has 8 nitrogen and oxygen atoms in total. The van der Waals surface area contributed by atoms with Gasteiger partial charge in [-0.25, -0.2) is 14.4 Å². The first kappa shape index (κ1) is 27.3. The molecular weight excluding hydrogens is 500 g/mol. The minimum absolute atomic E-state index is 0.00131. The lowest BCUT2D eigenvalue weighted by Crippen LogP contribution is -2.12. The number of carbonyl (C=O) groups is 3. The lowest BCUT2D eigenvalue weighted by molar-refractivity contribution is -0.139. The molecule has 39 heavy (non-hydrogen) atoms. The van der Waals surface area contributed by atoms with Crippen molar-refractivity contribution in [1.82, 2.24) is 0 Å². The van der Waals surface area contributed by atoms with Crippen LogP contribution < -0.4 is 14.2 Å². The van der Waals surface area contributed by atoms with Crippen molar-refractivity contribution in [2.75, 3.05) is 19.8 Å². The highest BCUT2D eigenvalue weighted by Crippen LogP contribution is 2.46. The van der Waals surface area contributed by atoms with Crippen LogP contribution in [-0.4, -0.2) is 42.8 Å². The molecule has 1 unspecified atom stereocenters. The summed E-state index contributed by atoms with van der Waals surface area (Å²) in [6.45, 7) is 8.87. The summed E-state index contributed by atoms with van der Waals surface area (Å²) in [5.74, 6) is -0.255. The normalized spacial score (nSPS) is 13.0. The van der Waals surface area contributed by atoms with E-state index in [4.69, 9.17) is 24.1 Å². The number of aliphatic hydroxyl groups is 1. The number of hydrogen-bond donors (Lipinski definition) is 1. The molecule has 1 aliphatic carbocycles. The molecule has 0 spiro atoms. The van der Waals surface area contributed by atoms with E-state index in [0.717, 1.165) is 28.3 Å². The maximum absolute atomic E-state index is 12.9. The van der Waals surface area contributed by atoms with Crippen molar-refractivity contribution in [2.45, 2.75) is 19.3 Å². The zero-order valence-electron chi connectivity index (χ0n) is 21.5. The molecule has 0 bridgehead atoms. The van der Waals surface area contributed by atoms with Gasteiger partial charge in [-0.2, -0.15) is 0 Å². The summed E-state index contributed by atoms with van der Waals surface area (Å²) in [6, 6.07) is 17.6. The second-order valence-electron chi connectivity index (χ2n) is 8.86. The largest absolute Gasteiger partial charge is 0.493 e. The van der Waals surface area contributed by atoms with E-state index in [9.17, 15) is 14.4 Å². The van der Waals surface area contributed by atoms with Gasteiger partial charge in [0, 0.05) is 18.4 Å². The zero-order chi connectivity index (χ0) is 27.9. The molecule has 0 radical (unpaired) electrons. The Labute approximate surface area is 226 Å². The summed E-state index contributed by atoms with van der Waals surface area (Å²) in [6.07, 6.45) is 1.58. The van der Waals surface area contributed by atoms with Crippen LogP contribution in [0.25, 0.3) is 11.1 Å². The average Bonchev–Trinajstić information content (AvgIpc) is 3.23. The van der Waals surface area contributed by atoms with Crippen LogP contribution in [0.3, 0.4) is 0 Å². The first-order chi connectivity index (χ1) is 18.8. The maximum atomic E-state index is 12.9. The molecule has 0 saturated carbocycles. The number of esters is 3. The van der Waals surface area contributed by atoms with E-state index < -0.39 is 24.5 Å². The molecule has 1 N–H and O–H groups in total. The van der Waals surface area contributed by atoms with Crippen molar-refractivity contribution in [3.05, 3.63) is 102 Å². The van der Waals surface area contributed by atoms with Crippen LogP contribution >= 0.6 is 0 Å². The Morgan fingerprint density at radius 3 is 2.21 bits per heavy atom. The van der Waals surface area contributed by atoms with Crippen molar-refractivity contribution in [1.29, 1.82) is 0 Å². The first-order valence-electron chi connectivity index (χ1n) is 12.3. The van der Waals surface area contributed by atoms with Gasteiger partial charge in [-0.1, -0.05) is 32.2 Å². The van der Waals surface area contributed by atoms with E-state index in [1.165, 1.54) is 0 Å². The second kappa shape index (κ2) is 12.2. The summed E-state index contributed by atoms with van der Waals surface area (Å²) >= 11 is 0. The van der Waals surface area contributed by atoms with Crippen molar-refractivity contribution in [2.24, 2.45) is 0 Å². The van der Waals surface area contributed by atoms with Crippen LogP contribution in [0, 0.1) is 0 Å². The van der Waals surface area contributed by atoms with E-state index in [1.807, 2.05) is 31.2 Å². The summed E-state index contributed by atoms with van der Waals surface area (Å²) < 4.78 is 21.4. The van der Waals surface area contributed by atoms with Gasteiger partial charge < -0.3 is 24.1 Å². The van der Waals surface area contributed by atoms with Crippen LogP contribution in [0.1, 0.15) is 40.7 Å². The second-order valence-corrected chi connectivity index (χ2v) is 8.86. The molecule has 3 aromatic carbocycles. The van der Waals surface area contributed by atoms with Crippen LogP contribution in [0.2, 0.25) is 0 Å². The van der Waals surface area contributed by atoms with Gasteiger partial charge >= 0.3 is 17.9 Å². The molecule has 1 aliphatic rings. The SMILES string of the molecule is C=CC(=O)Oc1ccc2c(c1)C(C)c1cc(C(=O)Oc3ccc(OCCCOC(=O)C(=C)CO)cc3)ccc1-2. The van der Waals surface area contributed by atoms with Gasteiger partial charge in [0.25, 0.3) is 0 Å². The fourth-order valence-electron chi connectivity index (χ4n) is 4.18. The Balaban J connectivity index is 1.33. The Hall–Kier alpha value is -4.69. The molecule has 200 valence electrons. The molecule has 4 rings (SSSR count). The third kappa shape index (κ3) is 6.42. The number of ether oxygens (including phenoxy) is 4. The Morgan fingerprint density at radius 2 is 1.51 bits per heavy atom. The molecule has 0 heterocycles. The molecule has 0 saturated heterocycles. The predicted octanol–water partition coefficient (Wildman–Crippen LogP) is 4.99. The summed E-state index contributed by atoms with van der Waals surface area (Å²) in [5.41, 5.74) is 4.47. The zero-order valence-corrected chi connectivity index (χ0v) is 21.5. The van der Waals surface area contributed by atoms with Crippen LogP contribution in [-0.2, 0) is 14.3 Å². The van der Waals surface area contributed by atoms with Gasteiger partial charge in [0.15, 0.2) is 0 Å². The Kier molecular flexibility index (Phi) is 8.58. The molecule has 0 amide bonds. The Bertz CT molecular complexity index is 1420. The Morgan fingerprint density at radius 1 is 0.872 bits per heavy atom. The van der Waals surface area contributed by atoms with Crippen molar-refractivity contribution in [3.63, 3.8) is 0 Å². The third-order valence-corrected chi connectivity index (χ3v) is 6.22. The van der Waals surface area contributed by atoms with Gasteiger partial charge in [0.05, 0.1) is 31.0 Å². The summed E-state index contributed by atoms with van der Waals surface area (Å²) in [5, 5.41) is 8.85. The van der Waals surface area contributed by atoms with Gasteiger partial charge in [-0.15, -0.1) is 0 Å². The highest BCUT2D eigenvalue weighted by molar-refractivity contribution is 5.93. The topological polar surface area (TPSA) is 108 Å². The predicted molar refractivity (Wildman–Crippen MR) is 144 cm³/mol. The van der Waals surface area contributed by atoms with Gasteiger partial charge in [-0.3, -0.25) is 0 Å². The number of benzene rings is 3. The van der Waals surface area contributed by atoms with Crippen LogP contribution in [0.4, 0.5) is 0 Å². The number of rotatable bonds is 11. The molecule has 0 fully saturated rings. The van der Waals surface area contributed by atoms with Crippen molar-refractivity contribution in [3.8, 4) is 28.4 Å². The fourth-order valence-corrected chi connectivity index (χ4v) is 4.18. The molecule has 8 heteroatoms. The van der Waals surface area contributed by atoms with E-state index in [1.54, 1.807) is 36.4 Å². The third-order valence-electron chi connectivity index (χ3n) is 6.22. The summed E-state index contributed by atoms with van der Waals surface area (Å²) in [7, 11) is 0. The first-order valence-corrected chi connectivity index (χ1v) is 12.3. The standard InChI is InChI=1S/C31H28O8/c1-4-29(33)38-24-11-13-26-25-12-6-21(16-27(25)20(3)28(26)17-24)31(35)39-23-9-7-22(8-10-23)36-14-5-15-37-30(34)19(2)18-32/h4,6-13,16-17,20,32H,1-2,5,14-15,18H2,3H3. The highest BCUT2D eigenvalue weighted by atomic mass is 16.5. The average molecular weight is 529 g/mol. The van der Waals surface area contributed by atoms with E-state index in [0.29, 0.717) is 35.8 Å². The smallest absolute Gasteiger partial charge is 0.343 e. The summed E-state index contributed by atoms with van der Waals surface area (Å²) in [4.78, 5) is 35.9. The lowest BCUT2D eigenvalue weighted by Gasteiger charge is -2.10. The number of carbonyl (C=O) groups excluding carboxylic acids is 3. The number of hydrogen-bond acceptors (Lipinski definition) is 8. The van der Waals surface area contributed by atoms with Gasteiger partial charge in [-0.05, 0) is 70.8 Å².